The Morgan fingerprint density at radius 1 is 0.958 bits per heavy atom. The molecule has 1 aliphatic heterocycles. The van der Waals surface area contributed by atoms with Crippen molar-refractivity contribution >= 4 is 47.2 Å². The summed E-state index contributed by atoms with van der Waals surface area (Å²) in [5.74, 6) is 0. The minimum Gasteiger partial charge on any atom is -0.264 e. The van der Waals surface area contributed by atoms with E-state index in [1.54, 1.807) is 30.3 Å². The molecule has 0 radical (unpaired) electrons. The van der Waals surface area contributed by atoms with E-state index in [4.69, 9.17) is 16.4 Å². The SMILES string of the molecule is CON1C(=O)N(c2ccc(Cl)cc2)SN(c2cccc(C)c2)C1=O. The monoisotopic (exact) mass is 363 g/mol. The maximum atomic E-state index is 12.5. The Balaban J connectivity index is 2.00. The number of hydrogen-bond donors (Lipinski definition) is 0. The van der Waals surface area contributed by atoms with Gasteiger partial charge in [-0.25, -0.2) is 18.2 Å². The number of imide groups is 1. The molecule has 4 amide bonds. The summed E-state index contributed by atoms with van der Waals surface area (Å²) in [5.41, 5.74) is 2.24. The number of aryl methyl sites for hydroxylation is 1. The number of benzene rings is 2. The molecule has 124 valence electrons. The van der Waals surface area contributed by atoms with E-state index in [1.165, 1.54) is 15.7 Å². The summed E-state index contributed by atoms with van der Waals surface area (Å²) in [6.07, 6.45) is 0. The number of urea groups is 2. The van der Waals surface area contributed by atoms with Crippen molar-refractivity contribution in [1.29, 1.82) is 0 Å². The fourth-order valence-electron chi connectivity index (χ4n) is 2.20. The van der Waals surface area contributed by atoms with Crippen LogP contribution in [0.25, 0.3) is 0 Å². The average Bonchev–Trinajstić information content (AvgIpc) is 2.56. The molecule has 0 aliphatic carbocycles. The number of carbonyl (C=O) groups is 2. The van der Waals surface area contributed by atoms with E-state index in [9.17, 15) is 9.59 Å². The minimum absolute atomic E-state index is 0.559. The molecule has 0 N–H and O–H groups in total. The Morgan fingerprint density at radius 2 is 1.58 bits per heavy atom. The van der Waals surface area contributed by atoms with Crippen LogP contribution < -0.4 is 8.61 Å². The van der Waals surface area contributed by atoms with Gasteiger partial charge in [-0.05, 0) is 48.9 Å². The van der Waals surface area contributed by atoms with Gasteiger partial charge < -0.3 is 0 Å². The van der Waals surface area contributed by atoms with E-state index in [0.717, 1.165) is 17.7 Å². The molecule has 0 spiro atoms. The largest absolute Gasteiger partial charge is 0.369 e. The minimum atomic E-state index is -0.585. The van der Waals surface area contributed by atoms with Gasteiger partial charge in [0, 0.05) is 5.02 Å². The molecule has 3 rings (SSSR count). The second kappa shape index (κ2) is 6.72. The zero-order chi connectivity index (χ0) is 17.3. The third kappa shape index (κ3) is 3.06. The van der Waals surface area contributed by atoms with Crippen LogP contribution in [0, 0.1) is 6.92 Å². The molecule has 0 atom stereocenters. The van der Waals surface area contributed by atoms with Crippen LogP contribution in [0.5, 0.6) is 0 Å². The summed E-state index contributed by atoms with van der Waals surface area (Å²) < 4.78 is 2.76. The first-order valence-corrected chi connectivity index (χ1v) is 8.15. The molecule has 2 aromatic carbocycles. The first-order valence-electron chi connectivity index (χ1n) is 7.04. The molecule has 1 aliphatic rings. The molecule has 1 saturated heterocycles. The van der Waals surface area contributed by atoms with Gasteiger partial charge in [-0.1, -0.05) is 23.7 Å². The summed E-state index contributed by atoms with van der Waals surface area (Å²) in [4.78, 5) is 30.1. The summed E-state index contributed by atoms with van der Waals surface area (Å²) in [6.45, 7) is 1.93. The summed E-state index contributed by atoms with van der Waals surface area (Å²) in [7, 11) is 1.28. The van der Waals surface area contributed by atoms with Gasteiger partial charge in [0.15, 0.2) is 0 Å². The molecule has 0 saturated carbocycles. The highest BCUT2D eigenvalue weighted by atomic mass is 35.5. The van der Waals surface area contributed by atoms with Crippen molar-refractivity contribution in [3.63, 3.8) is 0 Å². The van der Waals surface area contributed by atoms with E-state index in [1.807, 2.05) is 25.1 Å². The fraction of sp³-hybridized carbons (Fsp3) is 0.125. The van der Waals surface area contributed by atoms with E-state index >= 15 is 0 Å². The van der Waals surface area contributed by atoms with Crippen LogP contribution in [-0.2, 0) is 4.84 Å². The van der Waals surface area contributed by atoms with Crippen LogP contribution in [0.1, 0.15) is 5.56 Å². The summed E-state index contributed by atoms with van der Waals surface area (Å²) in [5, 5.41) is 1.27. The third-order valence-corrected chi connectivity index (χ3v) is 4.65. The highest BCUT2D eigenvalue weighted by Crippen LogP contribution is 2.36. The Hall–Kier alpha value is -2.22. The molecule has 2 aromatic rings. The van der Waals surface area contributed by atoms with Crippen molar-refractivity contribution in [3.05, 3.63) is 59.1 Å². The molecule has 24 heavy (non-hydrogen) atoms. The summed E-state index contributed by atoms with van der Waals surface area (Å²) >= 11 is 6.89. The number of anilines is 2. The molecule has 0 bridgehead atoms. The van der Waals surface area contributed by atoms with Gasteiger partial charge in [0.05, 0.1) is 30.6 Å². The van der Waals surface area contributed by atoms with Crippen molar-refractivity contribution in [1.82, 2.24) is 5.06 Å². The lowest BCUT2D eigenvalue weighted by Gasteiger charge is -2.37. The van der Waals surface area contributed by atoms with Crippen LogP contribution in [-0.4, -0.2) is 24.2 Å². The normalized spacial score (nSPS) is 15.2. The van der Waals surface area contributed by atoms with Crippen LogP contribution in [0.15, 0.2) is 48.5 Å². The molecule has 0 unspecified atom stereocenters. The predicted octanol–water partition coefficient (Wildman–Crippen LogP) is 4.64. The standard InChI is InChI=1S/C16H14ClN3O3S/c1-11-4-3-5-14(10-11)20-16(22)18(23-2)15(21)19(24-20)13-8-6-12(17)7-9-13/h3-10H,1-2H3. The first-order chi connectivity index (χ1) is 11.5. The molecule has 0 aromatic heterocycles. The second-order valence-electron chi connectivity index (χ2n) is 5.03. The van der Waals surface area contributed by atoms with Crippen molar-refractivity contribution in [2.45, 2.75) is 6.92 Å². The fourth-order valence-corrected chi connectivity index (χ4v) is 3.20. The van der Waals surface area contributed by atoms with Crippen LogP contribution in [0.3, 0.4) is 0 Å². The Bertz CT molecular complexity index is 784. The van der Waals surface area contributed by atoms with Crippen LogP contribution >= 0.6 is 23.7 Å². The molecule has 8 heteroatoms. The second-order valence-corrected chi connectivity index (χ2v) is 6.36. The lowest BCUT2D eigenvalue weighted by Crippen LogP contribution is -2.54. The number of nitrogens with zero attached hydrogens (tertiary/aromatic N) is 3. The molecular weight excluding hydrogens is 350 g/mol. The Labute approximate surface area is 148 Å². The van der Waals surface area contributed by atoms with E-state index in [0.29, 0.717) is 21.5 Å². The Kier molecular flexibility index (Phi) is 4.66. The number of rotatable bonds is 3. The molecular formula is C16H14ClN3O3S. The van der Waals surface area contributed by atoms with Crippen molar-refractivity contribution in [3.8, 4) is 0 Å². The lowest BCUT2D eigenvalue weighted by atomic mass is 10.2. The number of halogens is 1. The van der Waals surface area contributed by atoms with Gasteiger partial charge in [0.2, 0.25) is 0 Å². The van der Waals surface area contributed by atoms with Gasteiger partial charge in [0.25, 0.3) is 0 Å². The molecule has 6 nitrogen and oxygen atoms in total. The zero-order valence-corrected chi connectivity index (χ0v) is 14.5. The number of hydroxylamine groups is 2. The van der Waals surface area contributed by atoms with Crippen molar-refractivity contribution in [2.24, 2.45) is 0 Å². The molecule has 1 heterocycles. The van der Waals surface area contributed by atoms with E-state index < -0.39 is 12.1 Å². The van der Waals surface area contributed by atoms with Gasteiger partial charge in [-0.3, -0.25) is 4.84 Å². The maximum absolute atomic E-state index is 12.5. The zero-order valence-electron chi connectivity index (χ0n) is 13.0. The lowest BCUT2D eigenvalue weighted by molar-refractivity contribution is -0.0405. The number of amides is 4. The quantitative estimate of drug-likeness (QED) is 0.745. The van der Waals surface area contributed by atoms with Gasteiger partial charge >= 0.3 is 12.1 Å². The van der Waals surface area contributed by atoms with Gasteiger partial charge in [0.1, 0.15) is 0 Å². The van der Waals surface area contributed by atoms with Gasteiger partial charge in [-0.15, -0.1) is 5.06 Å². The van der Waals surface area contributed by atoms with E-state index in [-0.39, 0.29) is 0 Å². The highest BCUT2D eigenvalue weighted by Gasteiger charge is 2.41. The molecule has 1 fully saturated rings. The highest BCUT2D eigenvalue weighted by molar-refractivity contribution is 8.03. The smallest absolute Gasteiger partial charge is 0.264 e. The van der Waals surface area contributed by atoms with Crippen molar-refractivity contribution in [2.75, 3.05) is 15.7 Å². The van der Waals surface area contributed by atoms with Gasteiger partial charge in [-0.2, -0.15) is 0 Å². The number of carbonyl (C=O) groups excluding carboxylic acids is 2. The third-order valence-electron chi connectivity index (χ3n) is 3.34. The number of hydrogen-bond acceptors (Lipinski definition) is 4. The predicted molar refractivity (Wildman–Crippen MR) is 94.8 cm³/mol. The topological polar surface area (TPSA) is 53.1 Å². The van der Waals surface area contributed by atoms with Crippen LogP contribution in [0.4, 0.5) is 21.0 Å². The summed E-state index contributed by atoms with van der Waals surface area (Å²) in [6, 6.07) is 13.0. The average molecular weight is 364 g/mol. The van der Waals surface area contributed by atoms with E-state index in [2.05, 4.69) is 0 Å². The maximum Gasteiger partial charge on any atom is 0.369 e. The van der Waals surface area contributed by atoms with Crippen LogP contribution in [0.2, 0.25) is 5.02 Å². The van der Waals surface area contributed by atoms with Crippen molar-refractivity contribution < 1.29 is 14.4 Å². The first kappa shape index (κ1) is 16.6. The Morgan fingerprint density at radius 3 is 2.17 bits per heavy atom.